The smallest absolute Gasteiger partial charge is 0.244 e. The standard InChI is InChI=1S/C24H31N3O6S/c1-5-34(30,31)27(20-11-12-21-22(13-20)33-16-32-21)15-23(28)26(14-19-9-7-6-8-10-19)18(4)24(29)25-17(2)3/h6-13,17-18H,5,14-16H2,1-4H3,(H,25,29)/t18-/m0/s1. The van der Waals surface area contributed by atoms with Crippen LogP contribution in [0.25, 0.3) is 0 Å². The summed E-state index contributed by atoms with van der Waals surface area (Å²) in [5, 5.41) is 2.82. The number of amides is 2. The zero-order valence-corrected chi connectivity index (χ0v) is 20.7. The summed E-state index contributed by atoms with van der Waals surface area (Å²) in [7, 11) is -3.81. The van der Waals surface area contributed by atoms with Crippen molar-refractivity contribution in [2.45, 2.75) is 46.3 Å². The Morgan fingerprint density at radius 2 is 1.71 bits per heavy atom. The lowest BCUT2D eigenvalue weighted by Gasteiger charge is -2.32. The topological polar surface area (TPSA) is 105 Å². The Hall–Kier alpha value is -3.27. The molecule has 1 N–H and O–H groups in total. The van der Waals surface area contributed by atoms with Crippen molar-refractivity contribution in [2.75, 3.05) is 23.4 Å². The van der Waals surface area contributed by atoms with Gasteiger partial charge in [0, 0.05) is 18.7 Å². The zero-order valence-electron chi connectivity index (χ0n) is 19.9. The van der Waals surface area contributed by atoms with E-state index in [-0.39, 0.29) is 31.0 Å². The molecule has 2 aromatic rings. The third-order valence-corrected chi connectivity index (χ3v) is 7.16. The van der Waals surface area contributed by atoms with E-state index in [0.717, 1.165) is 9.87 Å². The van der Waals surface area contributed by atoms with Gasteiger partial charge in [0.05, 0.1) is 11.4 Å². The first kappa shape index (κ1) is 25.4. The molecule has 0 unspecified atom stereocenters. The van der Waals surface area contributed by atoms with Crippen LogP contribution in [-0.4, -0.2) is 56.3 Å². The van der Waals surface area contributed by atoms with Gasteiger partial charge in [-0.2, -0.15) is 0 Å². The highest BCUT2D eigenvalue weighted by Gasteiger charge is 2.31. The molecule has 2 amide bonds. The van der Waals surface area contributed by atoms with Crippen LogP contribution in [0.4, 0.5) is 5.69 Å². The molecule has 0 bridgehead atoms. The van der Waals surface area contributed by atoms with E-state index < -0.39 is 28.5 Å². The van der Waals surface area contributed by atoms with Crippen molar-refractivity contribution in [3.8, 4) is 11.5 Å². The minimum absolute atomic E-state index is 0.0472. The molecule has 1 atom stereocenters. The zero-order chi connectivity index (χ0) is 24.9. The number of carbonyl (C=O) groups is 2. The fourth-order valence-corrected chi connectivity index (χ4v) is 4.58. The Bertz CT molecular complexity index is 1120. The molecule has 0 saturated heterocycles. The molecule has 1 aliphatic rings. The van der Waals surface area contributed by atoms with Crippen molar-refractivity contribution in [3.05, 3.63) is 54.1 Å². The number of ether oxygens (including phenoxy) is 2. The minimum Gasteiger partial charge on any atom is -0.454 e. The first-order valence-electron chi connectivity index (χ1n) is 11.2. The normalized spacial score (nSPS) is 13.4. The molecule has 0 saturated carbocycles. The fraction of sp³-hybridized carbons (Fsp3) is 0.417. The molecule has 10 heteroatoms. The van der Waals surface area contributed by atoms with E-state index in [9.17, 15) is 18.0 Å². The summed E-state index contributed by atoms with van der Waals surface area (Å²) in [6, 6.07) is 13.1. The summed E-state index contributed by atoms with van der Waals surface area (Å²) in [4.78, 5) is 27.7. The summed E-state index contributed by atoms with van der Waals surface area (Å²) in [6.07, 6.45) is 0. The first-order valence-corrected chi connectivity index (χ1v) is 12.8. The molecule has 0 aliphatic carbocycles. The second kappa shape index (κ2) is 10.8. The molecule has 0 aromatic heterocycles. The first-order chi connectivity index (χ1) is 16.1. The number of carbonyl (C=O) groups excluding carboxylic acids is 2. The summed E-state index contributed by atoms with van der Waals surface area (Å²) in [5.41, 5.74) is 1.12. The molecule has 0 radical (unpaired) electrons. The molecule has 1 aliphatic heterocycles. The van der Waals surface area contributed by atoms with Gasteiger partial charge >= 0.3 is 0 Å². The second-order valence-corrected chi connectivity index (χ2v) is 10.5. The number of rotatable bonds is 10. The van der Waals surface area contributed by atoms with Gasteiger partial charge < -0.3 is 19.7 Å². The molecule has 3 rings (SSSR count). The highest BCUT2D eigenvalue weighted by Crippen LogP contribution is 2.36. The van der Waals surface area contributed by atoms with Gasteiger partial charge in [0.15, 0.2) is 11.5 Å². The number of nitrogens with zero attached hydrogens (tertiary/aromatic N) is 2. The van der Waals surface area contributed by atoms with Crippen LogP contribution in [0, 0.1) is 0 Å². The quantitative estimate of drug-likeness (QED) is 0.550. The number of hydrogen-bond donors (Lipinski definition) is 1. The van der Waals surface area contributed by atoms with Gasteiger partial charge in [-0.05, 0) is 45.4 Å². The van der Waals surface area contributed by atoms with Gasteiger partial charge in [-0.25, -0.2) is 8.42 Å². The predicted octanol–water partition coefficient (Wildman–Crippen LogP) is 2.51. The van der Waals surface area contributed by atoms with E-state index in [4.69, 9.17) is 9.47 Å². The maximum atomic E-state index is 13.5. The van der Waals surface area contributed by atoms with E-state index >= 15 is 0 Å². The van der Waals surface area contributed by atoms with Gasteiger partial charge in [0.2, 0.25) is 28.6 Å². The van der Waals surface area contributed by atoms with Crippen LogP contribution in [0.3, 0.4) is 0 Å². The van der Waals surface area contributed by atoms with Crippen LogP contribution in [0.15, 0.2) is 48.5 Å². The lowest BCUT2D eigenvalue weighted by atomic mass is 10.1. The Morgan fingerprint density at radius 1 is 1.03 bits per heavy atom. The maximum Gasteiger partial charge on any atom is 0.244 e. The van der Waals surface area contributed by atoms with Gasteiger partial charge in [-0.1, -0.05) is 30.3 Å². The van der Waals surface area contributed by atoms with Crippen molar-refractivity contribution in [2.24, 2.45) is 0 Å². The van der Waals surface area contributed by atoms with E-state index in [1.807, 2.05) is 44.2 Å². The molecule has 34 heavy (non-hydrogen) atoms. The van der Waals surface area contributed by atoms with Gasteiger partial charge in [-0.3, -0.25) is 13.9 Å². The molecule has 1 heterocycles. The number of nitrogens with one attached hydrogen (secondary N) is 1. The van der Waals surface area contributed by atoms with E-state index in [0.29, 0.717) is 17.2 Å². The number of anilines is 1. The number of fused-ring (bicyclic) bond motifs is 1. The van der Waals surface area contributed by atoms with Gasteiger partial charge in [0.1, 0.15) is 12.6 Å². The minimum atomic E-state index is -3.81. The summed E-state index contributed by atoms with van der Waals surface area (Å²) in [6.45, 7) is 6.57. The monoisotopic (exact) mass is 489 g/mol. The summed E-state index contributed by atoms with van der Waals surface area (Å²) < 4.78 is 37.7. The van der Waals surface area contributed by atoms with E-state index in [2.05, 4.69) is 5.32 Å². The number of hydrogen-bond acceptors (Lipinski definition) is 6. The van der Waals surface area contributed by atoms with Crippen molar-refractivity contribution < 1.29 is 27.5 Å². The molecule has 9 nitrogen and oxygen atoms in total. The average molecular weight is 490 g/mol. The van der Waals surface area contributed by atoms with Gasteiger partial charge in [0.25, 0.3) is 0 Å². The Kier molecular flexibility index (Phi) is 8.03. The van der Waals surface area contributed by atoms with Crippen LogP contribution in [0.2, 0.25) is 0 Å². The summed E-state index contributed by atoms with van der Waals surface area (Å²) in [5.74, 6) is -0.0885. The molecule has 184 valence electrons. The van der Waals surface area contributed by atoms with Gasteiger partial charge in [-0.15, -0.1) is 0 Å². The number of benzene rings is 2. The maximum absolute atomic E-state index is 13.5. The van der Waals surface area contributed by atoms with Crippen molar-refractivity contribution in [3.63, 3.8) is 0 Å². The Morgan fingerprint density at radius 3 is 2.35 bits per heavy atom. The van der Waals surface area contributed by atoms with Crippen LogP contribution in [0.5, 0.6) is 11.5 Å². The lowest BCUT2D eigenvalue weighted by Crippen LogP contribution is -2.52. The molecular weight excluding hydrogens is 458 g/mol. The lowest BCUT2D eigenvalue weighted by molar-refractivity contribution is -0.139. The van der Waals surface area contributed by atoms with E-state index in [1.165, 1.54) is 11.8 Å². The van der Waals surface area contributed by atoms with Crippen molar-refractivity contribution in [1.29, 1.82) is 0 Å². The fourth-order valence-electron chi connectivity index (χ4n) is 3.53. The van der Waals surface area contributed by atoms with E-state index in [1.54, 1.807) is 25.1 Å². The van der Waals surface area contributed by atoms with Crippen molar-refractivity contribution >= 4 is 27.5 Å². The average Bonchev–Trinajstić information content (AvgIpc) is 3.28. The largest absolute Gasteiger partial charge is 0.454 e. The molecule has 2 aromatic carbocycles. The third-order valence-electron chi connectivity index (χ3n) is 5.42. The van der Waals surface area contributed by atoms with Crippen LogP contribution < -0.4 is 19.1 Å². The highest BCUT2D eigenvalue weighted by molar-refractivity contribution is 7.92. The number of sulfonamides is 1. The van der Waals surface area contributed by atoms with Crippen LogP contribution in [-0.2, 0) is 26.2 Å². The molecule has 0 fully saturated rings. The molecule has 0 spiro atoms. The summed E-state index contributed by atoms with van der Waals surface area (Å²) >= 11 is 0. The highest BCUT2D eigenvalue weighted by atomic mass is 32.2. The van der Waals surface area contributed by atoms with Crippen LogP contribution in [0.1, 0.15) is 33.3 Å². The Balaban J connectivity index is 1.92. The van der Waals surface area contributed by atoms with Crippen LogP contribution >= 0.6 is 0 Å². The Labute approximate surface area is 200 Å². The second-order valence-electron chi connectivity index (χ2n) is 8.29. The van der Waals surface area contributed by atoms with Crippen molar-refractivity contribution in [1.82, 2.24) is 10.2 Å². The predicted molar refractivity (Wildman–Crippen MR) is 129 cm³/mol. The SMILES string of the molecule is CCS(=O)(=O)N(CC(=O)N(Cc1ccccc1)[C@@H](C)C(=O)NC(C)C)c1ccc2c(c1)OCO2. The molecular formula is C24H31N3O6S. The third kappa shape index (κ3) is 5.99.